The molecule has 0 fully saturated rings. The van der Waals surface area contributed by atoms with Crippen LogP contribution in [0.25, 0.3) is 0 Å². The van der Waals surface area contributed by atoms with Crippen LogP contribution >= 0.6 is 0 Å². The fourth-order valence-electron chi connectivity index (χ4n) is 1.10. The van der Waals surface area contributed by atoms with E-state index in [4.69, 9.17) is 9.94 Å². The van der Waals surface area contributed by atoms with E-state index in [2.05, 4.69) is 0 Å². The summed E-state index contributed by atoms with van der Waals surface area (Å²) in [4.78, 5) is 26.6. The van der Waals surface area contributed by atoms with Gasteiger partial charge in [0.15, 0.2) is 0 Å². The van der Waals surface area contributed by atoms with Gasteiger partial charge in [-0.05, 0) is 5.56 Å². The van der Waals surface area contributed by atoms with E-state index in [1.807, 2.05) is 30.3 Å². The highest BCUT2D eigenvalue weighted by Crippen LogP contribution is 2.03. The number of rotatable bonds is 5. The van der Waals surface area contributed by atoms with Gasteiger partial charge in [-0.15, -0.1) is 0 Å². The van der Waals surface area contributed by atoms with E-state index in [0.717, 1.165) is 10.6 Å². The quantitative estimate of drug-likeness (QED) is 0.758. The molecule has 0 aliphatic heterocycles. The van der Waals surface area contributed by atoms with Crippen molar-refractivity contribution >= 4 is 11.9 Å². The van der Waals surface area contributed by atoms with Crippen molar-refractivity contribution in [1.29, 1.82) is 0 Å². The van der Waals surface area contributed by atoms with E-state index in [1.165, 1.54) is 6.92 Å². The Morgan fingerprint density at radius 1 is 1.31 bits per heavy atom. The smallest absolute Gasteiger partial charge is 0.325 e. The minimum atomic E-state index is -1.11. The second-order valence-electron chi connectivity index (χ2n) is 3.21. The summed E-state index contributed by atoms with van der Waals surface area (Å²) < 4.78 is 0. The molecule has 0 unspecified atom stereocenters. The van der Waals surface area contributed by atoms with Crippen molar-refractivity contribution in [3.8, 4) is 0 Å². The van der Waals surface area contributed by atoms with Gasteiger partial charge in [-0.1, -0.05) is 30.3 Å². The number of hydrogen-bond donors (Lipinski definition) is 1. The third kappa shape index (κ3) is 4.10. The first-order valence-electron chi connectivity index (χ1n) is 4.76. The number of carboxylic acids is 1. The number of carboxylic acid groups (broad SMARTS) is 1. The van der Waals surface area contributed by atoms with Crippen LogP contribution in [-0.2, 0) is 21.0 Å². The summed E-state index contributed by atoms with van der Waals surface area (Å²) in [5.41, 5.74) is 0.874. The van der Waals surface area contributed by atoms with Gasteiger partial charge in [0.1, 0.15) is 13.2 Å². The molecule has 0 saturated heterocycles. The Hall–Kier alpha value is -1.88. The predicted molar refractivity (Wildman–Crippen MR) is 56.3 cm³/mol. The summed E-state index contributed by atoms with van der Waals surface area (Å²) in [5.74, 6) is -1.54. The number of hydrogen-bond acceptors (Lipinski definition) is 3. The summed E-state index contributed by atoms with van der Waals surface area (Å²) in [6, 6.07) is 9.21. The molecule has 0 atom stereocenters. The average molecular weight is 223 g/mol. The third-order valence-corrected chi connectivity index (χ3v) is 1.86. The molecule has 5 heteroatoms. The highest BCUT2D eigenvalue weighted by Gasteiger charge is 2.13. The molecule has 1 aromatic rings. The zero-order valence-corrected chi connectivity index (χ0v) is 8.92. The fourth-order valence-corrected chi connectivity index (χ4v) is 1.10. The number of benzene rings is 1. The van der Waals surface area contributed by atoms with Gasteiger partial charge in [0, 0.05) is 6.92 Å². The lowest BCUT2D eigenvalue weighted by atomic mass is 10.2. The summed E-state index contributed by atoms with van der Waals surface area (Å²) in [7, 11) is 0. The van der Waals surface area contributed by atoms with Crippen LogP contribution < -0.4 is 0 Å². The molecule has 1 rings (SSSR count). The predicted octanol–water partition coefficient (Wildman–Crippen LogP) is 1.05. The van der Waals surface area contributed by atoms with Gasteiger partial charge in [0.05, 0.1) is 0 Å². The van der Waals surface area contributed by atoms with E-state index in [9.17, 15) is 9.59 Å². The average Bonchev–Trinajstić information content (AvgIpc) is 2.25. The second kappa shape index (κ2) is 5.87. The number of carbonyl (C=O) groups is 2. The molecular weight excluding hydrogens is 210 g/mol. The zero-order valence-electron chi connectivity index (χ0n) is 8.92. The van der Waals surface area contributed by atoms with Gasteiger partial charge >= 0.3 is 5.97 Å². The van der Waals surface area contributed by atoms with Crippen LogP contribution in [0.1, 0.15) is 12.5 Å². The van der Waals surface area contributed by atoms with Crippen molar-refractivity contribution in [3.63, 3.8) is 0 Å². The Bertz CT molecular complexity index is 364. The summed E-state index contributed by atoms with van der Waals surface area (Å²) in [6.07, 6.45) is 0. The fraction of sp³-hybridized carbons (Fsp3) is 0.273. The van der Waals surface area contributed by atoms with E-state index in [-0.39, 0.29) is 6.61 Å². The number of nitrogens with zero attached hydrogens (tertiary/aromatic N) is 1. The minimum Gasteiger partial charge on any atom is -0.480 e. The molecule has 0 aliphatic carbocycles. The first-order chi connectivity index (χ1) is 7.59. The highest BCUT2D eigenvalue weighted by atomic mass is 16.7. The largest absolute Gasteiger partial charge is 0.480 e. The molecule has 16 heavy (non-hydrogen) atoms. The molecule has 5 nitrogen and oxygen atoms in total. The molecule has 0 spiro atoms. The molecule has 1 N–H and O–H groups in total. The van der Waals surface area contributed by atoms with E-state index in [1.54, 1.807) is 0 Å². The Morgan fingerprint density at radius 3 is 2.44 bits per heavy atom. The topological polar surface area (TPSA) is 66.8 Å². The molecule has 0 aliphatic rings. The van der Waals surface area contributed by atoms with Crippen molar-refractivity contribution in [2.24, 2.45) is 0 Å². The van der Waals surface area contributed by atoms with Crippen LogP contribution in [-0.4, -0.2) is 28.6 Å². The molecule has 1 aromatic carbocycles. The summed E-state index contributed by atoms with van der Waals surface area (Å²) >= 11 is 0. The monoisotopic (exact) mass is 223 g/mol. The van der Waals surface area contributed by atoms with Gasteiger partial charge in [-0.3, -0.25) is 14.4 Å². The molecular formula is C11H13NO4. The van der Waals surface area contributed by atoms with Crippen LogP contribution in [0.5, 0.6) is 0 Å². The first kappa shape index (κ1) is 12.2. The van der Waals surface area contributed by atoms with Gasteiger partial charge in [0.2, 0.25) is 5.91 Å². The third-order valence-electron chi connectivity index (χ3n) is 1.86. The minimum absolute atomic E-state index is 0.174. The lowest BCUT2D eigenvalue weighted by molar-refractivity contribution is -0.194. The maximum Gasteiger partial charge on any atom is 0.325 e. The first-order valence-corrected chi connectivity index (χ1v) is 4.76. The summed E-state index contributed by atoms with van der Waals surface area (Å²) in [6.45, 7) is 0.976. The van der Waals surface area contributed by atoms with Gasteiger partial charge in [0.25, 0.3) is 0 Å². The lowest BCUT2D eigenvalue weighted by Gasteiger charge is -2.17. The maximum absolute atomic E-state index is 11.0. The van der Waals surface area contributed by atoms with E-state index < -0.39 is 18.4 Å². The van der Waals surface area contributed by atoms with Crippen LogP contribution in [0.4, 0.5) is 0 Å². The Morgan fingerprint density at radius 2 is 1.94 bits per heavy atom. The molecule has 1 amide bonds. The van der Waals surface area contributed by atoms with Gasteiger partial charge < -0.3 is 5.11 Å². The zero-order chi connectivity index (χ0) is 12.0. The molecule has 0 saturated carbocycles. The molecule has 0 radical (unpaired) electrons. The molecule has 86 valence electrons. The Kier molecular flexibility index (Phi) is 4.47. The molecule has 0 aromatic heterocycles. The Labute approximate surface area is 93.2 Å². The SMILES string of the molecule is CC(=O)N(CC(=O)O)OCc1ccccc1. The number of aliphatic carboxylic acids is 1. The molecule has 0 heterocycles. The van der Waals surface area contributed by atoms with E-state index >= 15 is 0 Å². The summed E-state index contributed by atoms with van der Waals surface area (Å²) in [5, 5.41) is 9.38. The van der Waals surface area contributed by atoms with Crippen molar-refractivity contribution in [1.82, 2.24) is 5.06 Å². The van der Waals surface area contributed by atoms with Crippen molar-refractivity contribution in [2.45, 2.75) is 13.5 Å². The standard InChI is InChI=1S/C11H13NO4/c1-9(13)12(7-11(14)15)16-8-10-5-3-2-4-6-10/h2-6H,7-8H2,1H3,(H,14,15). The lowest BCUT2D eigenvalue weighted by Crippen LogP contribution is -2.33. The number of hydroxylamine groups is 2. The van der Waals surface area contributed by atoms with Gasteiger partial charge in [-0.2, -0.15) is 0 Å². The maximum atomic E-state index is 11.0. The van der Waals surface area contributed by atoms with Crippen molar-refractivity contribution < 1.29 is 19.5 Å². The Balaban J connectivity index is 2.50. The van der Waals surface area contributed by atoms with E-state index in [0.29, 0.717) is 0 Å². The number of amides is 1. The van der Waals surface area contributed by atoms with Crippen LogP contribution in [0.15, 0.2) is 30.3 Å². The van der Waals surface area contributed by atoms with Gasteiger partial charge in [-0.25, -0.2) is 5.06 Å². The van der Waals surface area contributed by atoms with Crippen molar-refractivity contribution in [2.75, 3.05) is 6.54 Å². The number of carbonyl (C=O) groups excluding carboxylic acids is 1. The highest BCUT2D eigenvalue weighted by molar-refractivity contribution is 5.78. The van der Waals surface area contributed by atoms with Crippen LogP contribution in [0.2, 0.25) is 0 Å². The molecule has 0 bridgehead atoms. The van der Waals surface area contributed by atoms with Crippen molar-refractivity contribution in [3.05, 3.63) is 35.9 Å². The van der Waals surface area contributed by atoms with Crippen LogP contribution in [0.3, 0.4) is 0 Å². The van der Waals surface area contributed by atoms with Crippen LogP contribution in [0, 0.1) is 0 Å². The second-order valence-corrected chi connectivity index (χ2v) is 3.21. The normalized spacial score (nSPS) is 9.81.